The molecule has 0 spiro atoms. The Bertz CT molecular complexity index is 379. The van der Waals surface area contributed by atoms with Crippen LogP contribution in [0.25, 0.3) is 0 Å². The van der Waals surface area contributed by atoms with Crippen molar-refractivity contribution in [2.45, 2.75) is 6.54 Å². The van der Waals surface area contributed by atoms with E-state index in [4.69, 9.17) is 5.73 Å². The molecule has 0 bridgehead atoms. The zero-order chi connectivity index (χ0) is 9.80. The predicted octanol–water partition coefficient (Wildman–Crippen LogP) is 0.394. The molecule has 0 aliphatic carbocycles. The fourth-order valence-electron chi connectivity index (χ4n) is 0.998. The van der Waals surface area contributed by atoms with E-state index >= 15 is 0 Å². The van der Waals surface area contributed by atoms with E-state index < -0.39 is 0 Å². The number of nitrogens with zero attached hydrogens (tertiary/aromatic N) is 3. The summed E-state index contributed by atoms with van der Waals surface area (Å²) in [4.78, 5) is 15.0. The van der Waals surface area contributed by atoms with E-state index in [1.807, 2.05) is 0 Å². The first-order chi connectivity index (χ1) is 6.84. The van der Waals surface area contributed by atoms with Gasteiger partial charge in [-0.3, -0.25) is 0 Å². The van der Waals surface area contributed by atoms with Gasteiger partial charge in [0, 0.05) is 12.4 Å². The third-order valence-corrected chi connectivity index (χ3v) is 1.66. The van der Waals surface area contributed by atoms with Gasteiger partial charge in [-0.25, -0.2) is 15.0 Å². The molecule has 4 N–H and O–H groups in total. The van der Waals surface area contributed by atoms with Gasteiger partial charge in [-0.05, 0) is 0 Å². The molecule has 6 heteroatoms. The molecular formula is C8H10N6. The average molecular weight is 190 g/mol. The summed E-state index contributed by atoms with van der Waals surface area (Å²) in [6, 6.07) is 0. The number of nitrogens with one attached hydrogen (secondary N) is 2. The molecule has 0 saturated heterocycles. The van der Waals surface area contributed by atoms with Crippen molar-refractivity contribution in [2.75, 3.05) is 11.1 Å². The van der Waals surface area contributed by atoms with Gasteiger partial charge in [0.25, 0.3) is 0 Å². The molecule has 0 atom stereocenters. The second-order valence-electron chi connectivity index (χ2n) is 2.72. The second kappa shape index (κ2) is 3.73. The van der Waals surface area contributed by atoms with Gasteiger partial charge in [-0.1, -0.05) is 0 Å². The average Bonchev–Trinajstić information content (AvgIpc) is 2.70. The molecule has 0 amide bonds. The molecule has 2 aromatic heterocycles. The molecule has 0 radical (unpaired) electrons. The van der Waals surface area contributed by atoms with Crippen LogP contribution in [0.15, 0.2) is 24.8 Å². The quantitative estimate of drug-likeness (QED) is 0.651. The molecule has 0 aliphatic rings. The molecular weight excluding hydrogens is 180 g/mol. The number of nitrogen functional groups attached to an aromatic ring is 1. The summed E-state index contributed by atoms with van der Waals surface area (Å²) >= 11 is 0. The van der Waals surface area contributed by atoms with Crippen LogP contribution in [0.4, 0.5) is 11.6 Å². The third-order valence-electron chi connectivity index (χ3n) is 1.66. The van der Waals surface area contributed by atoms with Crippen molar-refractivity contribution in [1.82, 2.24) is 19.9 Å². The molecule has 2 aromatic rings. The molecule has 6 nitrogen and oxygen atoms in total. The number of nitrogens with two attached hydrogens (primary N) is 1. The van der Waals surface area contributed by atoms with Crippen molar-refractivity contribution < 1.29 is 0 Å². The van der Waals surface area contributed by atoms with Crippen molar-refractivity contribution >= 4 is 11.6 Å². The van der Waals surface area contributed by atoms with Gasteiger partial charge < -0.3 is 16.0 Å². The Hall–Kier alpha value is -2.11. The number of aromatic amines is 1. The van der Waals surface area contributed by atoms with E-state index in [0.717, 1.165) is 5.82 Å². The van der Waals surface area contributed by atoms with E-state index in [1.165, 1.54) is 6.20 Å². The van der Waals surface area contributed by atoms with Gasteiger partial charge in [0.05, 0.1) is 18.9 Å². The Morgan fingerprint density at radius 1 is 1.29 bits per heavy atom. The fourth-order valence-corrected chi connectivity index (χ4v) is 0.998. The zero-order valence-electron chi connectivity index (χ0n) is 7.44. The highest BCUT2D eigenvalue weighted by molar-refractivity contribution is 5.35. The van der Waals surface area contributed by atoms with Gasteiger partial charge in [-0.2, -0.15) is 0 Å². The van der Waals surface area contributed by atoms with Crippen molar-refractivity contribution in [3.63, 3.8) is 0 Å². The van der Waals surface area contributed by atoms with Gasteiger partial charge >= 0.3 is 0 Å². The zero-order valence-corrected chi connectivity index (χ0v) is 7.44. The number of aromatic nitrogens is 4. The molecule has 2 rings (SSSR count). The number of hydrogen-bond donors (Lipinski definition) is 3. The Morgan fingerprint density at radius 3 is 2.86 bits per heavy atom. The molecule has 0 saturated carbocycles. The monoisotopic (exact) mass is 190 g/mol. The lowest BCUT2D eigenvalue weighted by Gasteiger charge is -2.02. The first-order valence-electron chi connectivity index (χ1n) is 4.14. The van der Waals surface area contributed by atoms with Crippen molar-refractivity contribution in [3.8, 4) is 0 Å². The van der Waals surface area contributed by atoms with Crippen LogP contribution >= 0.6 is 0 Å². The topological polar surface area (TPSA) is 92.5 Å². The standard InChI is InChI=1S/C8H10N6/c9-6-3-13-8(4-12-6)14-5-7-10-1-2-11-7/h1-4H,5H2,(H2,9,12)(H,10,11)(H,13,14). The van der Waals surface area contributed by atoms with Crippen molar-refractivity contribution in [3.05, 3.63) is 30.6 Å². The van der Waals surface area contributed by atoms with Crippen LogP contribution in [0.3, 0.4) is 0 Å². The van der Waals surface area contributed by atoms with Crippen LogP contribution in [-0.2, 0) is 6.54 Å². The van der Waals surface area contributed by atoms with E-state index in [1.54, 1.807) is 18.6 Å². The van der Waals surface area contributed by atoms with Gasteiger partial charge in [0.15, 0.2) is 0 Å². The normalized spacial score (nSPS) is 10.0. The lowest BCUT2D eigenvalue weighted by Crippen LogP contribution is -2.03. The SMILES string of the molecule is Nc1cnc(NCc2ncc[nH]2)cn1. The molecule has 0 aliphatic heterocycles. The van der Waals surface area contributed by atoms with Gasteiger partial charge in [0.1, 0.15) is 17.5 Å². The fraction of sp³-hybridized carbons (Fsp3) is 0.125. The van der Waals surface area contributed by atoms with Crippen molar-refractivity contribution in [2.24, 2.45) is 0 Å². The number of rotatable bonds is 3. The number of hydrogen-bond acceptors (Lipinski definition) is 5. The van der Waals surface area contributed by atoms with Crippen LogP contribution in [0, 0.1) is 0 Å². The maximum atomic E-state index is 5.40. The maximum absolute atomic E-state index is 5.40. The van der Waals surface area contributed by atoms with Gasteiger partial charge in [-0.15, -0.1) is 0 Å². The minimum absolute atomic E-state index is 0.411. The Kier molecular flexibility index (Phi) is 2.26. The Balaban J connectivity index is 1.95. The molecule has 2 heterocycles. The summed E-state index contributed by atoms with van der Waals surface area (Å²) in [7, 11) is 0. The highest BCUT2D eigenvalue weighted by atomic mass is 15.0. The number of imidazole rings is 1. The number of anilines is 2. The summed E-state index contributed by atoms with van der Waals surface area (Å²) < 4.78 is 0. The molecule has 72 valence electrons. The number of H-pyrrole nitrogens is 1. The first kappa shape index (κ1) is 8.49. The van der Waals surface area contributed by atoms with Crippen LogP contribution < -0.4 is 11.1 Å². The lowest BCUT2D eigenvalue weighted by molar-refractivity contribution is 0.983. The summed E-state index contributed by atoms with van der Waals surface area (Å²) in [5.74, 6) is 1.94. The van der Waals surface area contributed by atoms with Crippen LogP contribution in [0.1, 0.15) is 5.82 Å². The summed E-state index contributed by atoms with van der Waals surface area (Å²) in [6.45, 7) is 0.589. The van der Waals surface area contributed by atoms with E-state index in [2.05, 4.69) is 25.3 Å². The minimum Gasteiger partial charge on any atom is -0.382 e. The van der Waals surface area contributed by atoms with Gasteiger partial charge in [0.2, 0.25) is 0 Å². The maximum Gasteiger partial charge on any atom is 0.145 e. The molecule has 0 aromatic carbocycles. The molecule has 14 heavy (non-hydrogen) atoms. The van der Waals surface area contributed by atoms with E-state index in [0.29, 0.717) is 18.2 Å². The summed E-state index contributed by atoms with van der Waals surface area (Å²) in [5.41, 5.74) is 5.40. The Labute approximate surface area is 80.6 Å². The van der Waals surface area contributed by atoms with Crippen molar-refractivity contribution in [1.29, 1.82) is 0 Å². The lowest BCUT2D eigenvalue weighted by atomic mass is 10.5. The highest BCUT2D eigenvalue weighted by Crippen LogP contribution is 2.02. The minimum atomic E-state index is 0.411. The Morgan fingerprint density at radius 2 is 2.21 bits per heavy atom. The highest BCUT2D eigenvalue weighted by Gasteiger charge is 1.96. The summed E-state index contributed by atoms with van der Waals surface area (Å²) in [6.07, 6.45) is 6.56. The van der Waals surface area contributed by atoms with Crippen LogP contribution in [0.5, 0.6) is 0 Å². The largest absolute Gasteiger partial charge is 0.382 e. The summed E-state index contributed by atoms with van der Waals surface area (Å²) in [5, 5.41) is 3.05. The molecule has 0 fully saturated rings. The third kappa shape index (κ3) is 1.98. The van der Waals surface area contributed by atoms with E-state index in [9.17, 15) is 0 Å². The molecule has 0 unspecified atom stereocenters. The van der Waals surface area contributed by atoms with Crippen LogP contribution in [-0.4, -0.2) is 19.9 Å². The van der Waals surface area contributed by atoms with E-state index in [-0.39, 0.29) is 0 Å². The smallest absolute Gasteiger partial charge is 0.145 e. The second-order valence-corrected chi connectivity index (χ2v) is 2.72. The predicted molar refractivity (Wildman–Crippen MR) is 52.4 cm³/mol. The first-order valence-corrected chi connectivity index (χ1v) is 4.14. The van der Waals surface area contributed by atoms with Crippen LogP contribution in [0.2, 0.25) is 0 Å².